The van der Waals surface area contributed by atoms with Crippen LogP contribution in [0, 0.1) is 17.5 Å². The van der Waals surface area contributed by atoms with Crippen LogP contribution < -0.4 is 4.74 Å². The Morgan fingerprint density at radius 1 is 0.889 bits per heavy atom. The van der Waals surface area contributed by atoms with Gasteiger partial charge in [0.15, 0.2) is 11.6 Å². The van der Waals surface area contributed by atoms with Gasteiger partial charge in [0, 0.05) is 12.0 Å². The van der Waals surface area contributed by atoms with Crippen molar-refractivity contribution in [2.24, 2.45) is 0 Å². The van der Waals surface area contributed by atoms with E-state index in [2.05, 4.69) is 6.92 Å². The van der Waals surface area contributed by atoms with Gasteiger partial charge in [-0.25, -0.2) is 26.7 Å². The molecule has 0 saturated carbocycles. The van der Waals surface area contributed by atoms with Gasteiger partial charge in [-0.2, -0.15) is 0 Å². The number of alkyl halides is 2. The lowest BCUT2D eigenvalue weighted by atomic mass is 9.80. The number of rotatable bonds is 8. The van der Waals surface area contributed by atoms with Gasteiger partial charge < -0.3 is 4.74 Å². The third-order valence-corrected chi connectivity index (χ3v) is 6.53. The minimum absolute atomic E-state index is 0.164. The highest BCUT2D eigenvalue weighted by atomic mass is 19.3. The van der Waals surface area contributed by atoms with E-state index in [9.17, 15) is 13.6 Å². The topological polar surface area (TPSA) is 26.3 Å². The molecule has 0 radical (unpaired) electrons. The van der Waals surface area contributed by atoms with E-state index < -0.39 is 52.6 Å². The first kappa shape index (κ1) is 25.9. The van der Waals surface area contributed by atoms with Crippen LogP contribution in [0.25, 0.3) is 11.1 Å². The normalized spacial score (nSPS) is 13.8. The van der Waals surface area contributed by atoms with Crippen molar-refractivity contribution in [3.63, 3.8) is 0 Å². The molecular weight excluding hydrogens is 475 g/mol. The Morgan fingerprint density at radius 2 is 1.64 bits per heavy atom. The third kappa shape index (κ3) is 4.88. The lowest BCUT2D eigenvalue weighted by Crippen LogP contribution is -2.27. The fourth-order valence-electron chi connectivity index (χ4n) is 4.70. The first-order chi connectivity index (χ1) is 17.2. The first-order valence-electron chi connectivity index (χ1n) is 12.2. The molecule has 4 rings (SSSR count). The lowest BCUT2D eigenvalue weighted by Gasteiger charge is -2.29. The molecule has 0 atom stereocenters. The fourth-order valence-corrected chi connectivity index (χ4v) is 4.70. The summed E-state index contributed by atoms with van der Waals surface area (Å²) in [6.07, 6.45) is 3.58. The van der Waals surface area contributed by atoms with Crippen LogP contribution in [-0.2, 0) is 25.2 Å². The van der Waals surface area contributed by atoms with Crippen molar-refractivity contribution in [3.8, 4) is 16.9 Å². The number of carbonyl (C=O) groups excluding carboxylic acids is 1. The maximum atomic E-state index is 15.4. The van der Waals surface area contributed by atoms with E-state index in [1.807, 2.05) is 6.92 Å². The Morgan fingerprint density at radius 3 is 2.33 bits per heavy atom. The number of unbranched alkanes of at least 4 members (excludes halogenated alkanes) is 2. The van der Waals surface area contributed by atoms with Gasteiger partial charge in [-0.1, -0.05) is 57.4 Å². The van der Waals surface area contributed by atoms with E-state index in [-0.39, 0.29) is 16.7 Å². The van der Waals surface area contributed by atoms with Crippen molar-refractivity contribution < 1.29 is 31.5 Å². The second-order valence-corrected chi connectivity index (χ2v) is 9.16. The van der Waals surface area contributed by atoms with E-state index in [1.54, 1.807) is 6.07 Å². The molecular formula is C29H27F5O2. The minimum atomic E-state index is -3.75. The molecule has 0 N–H and O–H groups in total. The highest BCUT2D eigenvalue weighted by Gasteiger charge is 2.44. The largest absolute Gasteiger partial charge is 0.420 e. The molecule has 1 aliphatic rings. The molecule has 0 unspecified atom stereocenters. The van der Waals surface area contributed by atoms with Gasteiger partial charge in [0.05, 0.1) is 11.1 Å². The first-order valence-corrected chi connectivity index (χ1v) is 12.2. The predicted molar refractivity (Wildman–Crippen MR) is 128 cm³/mol. The number of hydrogen-bond donors (Lipinski definition) is 0. The van der Waals surface area contributed by atoms with Crippen molar-refractivity contribution in [1.82, 2.24) is 0 Å². The Balaban J connectivity index is 1.66. The van der Waals surface area contributed by atoms with Crippen LogP contribution >= 0.6 is 0 Å². The fraction of sp³-hybridized carbons (Fsp3) is 0.345. The molecule has 7 heteroatoms. The summed E-state index contributed by atoms with van der Waals surface area (Å²) in [6.45, 7) is 3.91. The molecule has 3 aromatic carbocycles. The molecule has 0 aromatic heterocycles. The summed E-state index contributed by atoms with van der Waals surface area (Å²) in [7, 11) is 0. The van der Waals surface area contributed by atoms with Gasteiger partial charge in [-0.05, 0) is 59.7 Å². The monoisotopic (exact) mass is 502 g/mol. The maximum absolute atomic E-state index is 15.4. The number of aryl methyl sites for hydroxylation is 2. The smallest absolute Gasteiger partial charge is 0.346 e. The van der Waals surface area contributed by atoms with E-state index in [0.717, 1.165) is 37.0 Å². The predicted octanol–water partition coefficient (Wildman–Crippen LogP) is 8.32. The quantitative estimate of drug-likeness (QED) is 0.134. The summed E-state index contributed by atoms with van der Waals surface area (Å²) in [6, 6.07) is 9.31. The zero-order valence-corrected chi connectivity index (χ0v) is 20.2. The number of hydrogen-bond acceptors (Lipinski definition) is 2. The van der Waals surface area contributed by atoms with Crippen molar-refractivity contribution >= 4 is 5.97 Å². The van der Waals surface area contributed by atoms with Crippen molar-refractivity contribution in [1.29, 1.82) is 0 Å². The minimum Gasteiger partial charge on any atom is -0.420 e. The zero-order valence-electron chi connectivity index (χ0n) is 20.2. The van der Waals surface area contributed by atoms with E-state index >= 15 is 13.2 Å². The molecule has 0 saturated heterocycles. The molecule has 2 nitrogen and oxygen atoms in total. The van der Waals surface area contributed by atoms with Crippen molar-refractivity contribution in [2.45, 2.75) is 64.7 Å². The van der Waals surface area contributed by atoms with Gasteiger partial charge in [0.1, 0.15) is 11.6 Å². The lowest BCUT2D eigenvalue weighted by molar-refractivity contribution is -0.00928. The van der Waals surface area contributed by atoms with Crippen LogP contribution in [0.5, 0.6) is 5.75 Å². The van der Waals surface area contributed by atoms with E-state index in [1.165, 1.54) is 24.3 Å². The summed E-state index contributed by atoms with van der Waals surface area (Å²) in [5.41, 5.74) is -0.862. The number of carbonyl (C=O) groups is 1. The second-order valence-electron chi connectivity index (χ2n) is 9.16. The molecule has 190 valence electrons. The third-order valence-electron chi connectivity index (χ3n) is 6.53. The number of benzene rings is 3. The van der Waals surface area contributed by atoms with Gasteiger partial charge in [-0.3, -0.25) is 0 Å². The molecule has 0 amide bonds. The van der Waals surface area contributed by atoms with E-state index in [4.69, 9.17) is 4.74 Å². The number of esters is 1. The molecule has 0 heterocycles. The van der Waals surface area contributed by atoms with Gasteiger partial charge in [0.25, 0.3) is 5.92 Å². The Hall–Kier alpha value is -3.22. The van der Waals surface area contributed by atoms with Crippen LogP contribution in [-0.4, -0.2) is 5.97 Å². The van der Waals surface area contributed by atoms with Crippen LogP contribution in [0.1, 0.15) is 72.1 Å². The Kier molecular flexibility index (Phi) is 7.48. The molecule has 1 aliphatic carbocycles. The number of halogens is 5. The average molecular weight is 503 g/mol. The van der Waals surface area contributed by atoms with Crippen LogP contribution in [0.15, 0.2) is 42.5 Å². The average Bonchev–Trinajstić information content (AvgIpc) is 2.83. The van der Waals surface area contributed by atoms with Crippen LogP contribution in [0.3, 0.4) is 0 Å². The second kappa shape index (κ2) is 10.4. The van der Waals surface area contributed by atoms with Gasteiger partial charge >= 0.3 is 5.97 Å². The molecule has 0 aliphatic heterocycles. The molecule has 3 aromatic rings. The molecule has 0 bridgehead atoms. The van der Waals surface area contributed by atoms with Crippen molar-refractivity contribution in [3.05, 3.63) is 87.7 Å². The van der Waals surface area contributed by atoms with Gasteiger partial charge in [-0.15, -0.1) is 0 Å². The van der Waals surface area contributed by atoms with Crippen LogP contribution in [0.4, 0.5) is 22.0 Å². The summed E-state index contributed by atoms with van der Waals surface area (Å²) < 4.78 is 80.1. The van der Waals surface area contributed by atoms with Crippen LogP contribution in [0.2, 0.25) is 0 Å². The Bertz CT molecular complexity index is 1300. The summed E-state index contributed by atoms with van der Waals surface area (Å²) in [5, 5.41) is 0. The zero-order chi connectivity index (χ0) is 26.0. The summed E-state index contributed by atoms with van der Waals surface area (Å²) in [4.78, 5) is 12.7. The standard InChI is InChI=1S/C29H27F5O2/c1-3-5-6-8-17-9-14-24(23(30)15-17)36-28(35)21-13-12-20-19-11-10-18(7-4-2)26(31)22(19)16-29(33,34)25(20)27(21)32/h9-15H,3-8,16H2,1-2H3. The van der Waals surface area contributed by atoms with E-state index in [0.29, 0.717) is 24.8 Å². The van der Waals surface area contributed by atoms with Crippen molar-refractivity contribution in [2.75, 3.05) is 0 Å². The SMILES string of the molecule is CCCCCc1ccc(OC(=O)c2ccc3c(c2F)C(F)(F)Cc2c-3ccc(CCC)c2F)c(F)c1. The highest BCUT2D eigenvalue weighted by Crippen LogP contribution is 2.48. The summed E-state index contributed by atoms with van der Waals surface area (Å²) >= 11 is 0. The number of fused-ring (bicyclic) bond motifs is 3. The number of ether oxygens (including phenoxy) is 1. The summed E-state index contributed by atoms with van der Waals surface area (Å²) in [5.74, 6) is -8.42. The Labute approximate surface area is 207 Å². The molecule has 36 heavy (non-hydrogen) atoms. The highest BCUT2D eigenvalue weighted by molar-refractivity contribution is 5.93. The molecule has 0 spiro atoms. The molecule has 0 fully saturated rings. The maximum Gasteiger partial charge on any atom is 0.346 e. The van der Waals surface area contributed by atoms with Gasteiger partial charge in [0.2, 0.25) is 0 Å².